The molecule has 0 aliphatic rings. The molecule has 1 aromatic carbocycles. The summed E-state index contributed by atoms with van der Waals surface area (Å²) in [7, 11) is 1.67. The summed E-state index contributed by atoms with van der Waals surface area (Å²) < 4.78 is 5.00. The van der Waals surface area contributed by atoms with Gasteiger partial charge in [0, 0.05) is 5.33 Å². The first-order valence-electron chi connectivity index (χ1n) is 3.05. The van der Waals surface area contributed by atoms with Crippen LogP contribution in [0.1, 0.15) is 5.56 Å². The van der Waals surface area contributed by atoms with Crippen molar-refractivity contribution in [3.63, 3.8) is 0 Å². The van der Waals surface area contributed by atoms with Gasteiger partial charge in [-0.1, -0.05) is 28.1 Å². The molecular weight excluding hydrogens is 198 g/mol. The maximum absolute atomic E-state index is 5.00. The number of benzene rings is 1. The Hall–Kier alpha value is -0.500. The van der Waals surface area contributed by atoms with Gasteiger partial charge in [0.15, 0.2) is 0 Å². The zero-order valence-corrected chi connectivity index (χ0v) is 7.39. The van der Waals surface area contributed by atoms with Gasteiger partial charge < -0.3 is 4.74 Å². The SMILES string of the molecule is CO[13c]1[13cH][13cH][13c](CBr)[13cH][13cH]1. The lowest BCUT2D eigenvalue weighted by Crippen LogP contribution is -1.82. The van der Waals surface area contributed by atoms with Gasteiger partial charge in [-0.15, -0.1) is 0 Å². The Morgan fingerprint density at radius 3 is 2.30 bits per heavy atom. The second-order valence-electron chi connectivity index (χ2n) is 1.98. The molecular formula is C8H9BrO. The Labute approximate surface area is 69.1 Å². The molecule has 0 aliphatic heterocycles. The first kappa shape index (κ1) is 7.61. The quantitative estimate of drug-likeness (QED) is 0.677. The molecule has 0 radical (unpaired) electrons. The lowest BCUT2D eigenvalue weighted by molar-refractivity contribution is 0.414. The molecule has 0 amide bonds. The Bertz CT molecular complexity index is 170. The largest absolute Gasteiger partial charge is 0.497 e. The number of rotatable bonds is 2. The van der Waals surface area contributed by atoms with Gasteiger partial charge in [0.1, 0.15) is 5.75 Å². The molecule has 2 heteroatoms. The summed E-state index contributed by atoms with van der Waals surface area (Å²) in [6, 6.07) is 7.98. The van der Waals surface area contributed by atoms with Crippen LogP contribution in [0, 0.1) is 0 Å². The highest BCUT2D eigenvalue weighted by Crippen LogP contribution is 2.12. The van der Waals surface area contributed by atoms with Crippen molar-refractivity contribution < 1.29 is 4.74 Å². The smallest absolute Gasteiger partial charge is 0.118 e. The monoisotopic (exact) mass is 206 g/mol. The predicted molar refractivity (Wildman–Crippen MR) is 45.6 cm³/mol. The summed E-state index contributed by atoms with van der Waals surface area (Å²) >= 11 is 3.36. The van der Waals surface area contributed by atoms with E-state index < -0.39 is 0 Å². The van der Waals surface area contributed by atoms with E-state index in [0.717, 1.165) is 11.1 Å². The van der Waals surface area contributed by atoms with E-state index in [9.17, 15) is 0 Å². The van der Waals surface area contributed by atoms with Crippen molar-refractivity contribution in [3.8, 4) is 5.75 Å². The Kier molecular flexibility index (Phi) is 2.75. The van der Waals surface area contributed by atoms with Crippen LogP contribution < -0.4 is 4.74 Å². The summed E-state index contributed by atoms with van der Waals surface area (Å²) in [6.07, 6.45) is 0. The zero-order chi connectivity index (χ0) is 7.40. The van der Waals surface area contributed by atoms with Crippen molar-refractivity contribution in [1.29, 1.82) is 0 Å². The van der Waals surface area contributed by atoms with Crippen molar-refractivity contribution in [2.75, 3.05) is 7.11 Å². The van der Waals surface area contributed by atoms with Crippen LogP contribution in [-0.2, 0) is 5.33 Å². The summed E-state index contributed by atoms with van der Waals surface area (Å²) in [5.74, 6) is 0.907. The van der Waals surface area contributed by atoms with E-state index in [1.807, 2.05) is 24.3 Å². The lowest BCUT2D eigenvalue weighted by atomic mass is 11.0. The molecule has 0 fully saturated rings. The van der Waals surface area contributed by atoms with Crippen molar-refractivity contribution >= 4 is 15.9 Å². The number of alkyl halides is 1. The van der Waals surface area contributed by atoms with Gasteiger partial charge in [-0.05, 0) is 17.7 Å². The van der Waals surface area contributed by atoms with Crippen molar-refractivity contribution in [2.24, 2.45) is 0 Å². The second kappa shape index (κ2) is 3.62. The molecule has 0 bridgehead atoms. The van der Waals surface area contributed by atoms with Crippen LogP contribution in [0.5, 0.6) is 5.75 Å². The number of methoxy groups -OCH3 is 1. The minimum atomic E-state index is 0.900. The zero-order valence-electron chi connectivity index (χ0n) is 5.80. The summed E-state index contributed by atoms with van der Waals surface area (Å²) in [4.78, 5) is 0. The Morgan fingerprint density at radius 2 is 1.90 bits per heavy atom. The lowest BCUT2D eigenvalue weighted by Gasteiger charge is -1.98. The average molecular weight is 207 g/mol. The van der Waals surface area contributed by atoms with Gasteiger partial charge in [-0.2, -0.15) is 0 Å². The molecule has 1 rings (SSSR count). The van der Waals surface area contributed by atoms with Crippen molar-refractivity contribution in [2.45, 2.75) is 5.33 Å². The third-order valence-corrected chi connectivity index (χ3v) is 1.96. The molecule has 0 heterocycles. The van der Waals surface area contributed by atoms with Crippen LogP contribution in [0.4, 0.5) is 0 Å². The molecule has 0 unspecified atom stereocenters. The van der Waals surface area contributed by atoms with Crippen LogP contribution in [-0.4, -0.2) is 7.11 Å². The molecule has 0 spiro atoms. The highest BCUT2D eigenvalue weighted by Gasteiger charge is 1.89. The van der Waals surface area contributed by atoms with Crippen molar-refractivity contribution in [3.05, 3.63) is 29.8 Å². The molecule has 54 valence electrons. The number of hydrogen-bond acceptors (Lipinski definition) is 1. The first-order valence-corrected chi connectivity index (χ1v) is 4.18. The topological polar surface area (TPSA) is 9.23 Å². The molecule has 0 saturated carbocycles. The minimum absolute atomic E-state index is 0.900. The highest BCUT2D eigenvalue weighted by atomic mass is 79.9. The van der Waals surface area contributed by atoms with E-state index in [-0.39, 0.29) is 0 Å². The minimum Gasteiger partial charge on any atom is -0.497 e. The summed E-state index contributed by atoms with van der Waals surface area (Å²) in [6.45, 7) is 0. The predicted octanol–water partition coefficient (Wildman–Crippen LogP) is 2.59. The third-order valence-electron chi connectivity index (χ3n) is 1.31. The van der Waals surface area contributed by atoms with Gasteiger partial charge in [0.05, 0.1) is 7.11 Å². The van der Waals surface area contributed by atoms with Crippen LogP contribution in [0.2, 0.25) is 0 Å². The van der Waals surface area contributed by atoms with Crippen molar-refractivity contribution in [1.82, 2.24) is 0 Å². The fraction of sp³-hybridized carbons (Fsp3) is 0.250. The molecule has 0 saturated heterocycles. The van der Waals surface area contributed by atoms with E-state index in [1.54, 1.807) is 7.11 Å². The van der Waals surface area contributed by atoms with Crippen LogP contribution >= 0.6 is 15.9 Å². The number of ether oxygens (including phenoxy) is 1. The molecule has 0 aliphatic carbocycles. The average Bonchev–Trinajstić information content (AvgIpc) is 2.05. The molecule has 0 atom stereocenters. The molecule has 0 N–H and O–H groups in total. The fourth-order valence-corrected chi connectivity index (χ4v) is 1.09. The third kappa shape index (κ3) is 1.74. The normalized spacial score (nSPS) is 9.40. The number of hydrogen-bond donors (Lipinski definition) is 0. The molecule has 10 heavy (non-hydrogen) atoms. The molecule has 0 aromatic heterocycles. The van der Waals surface area contributed by atoms with Gasteiger partial charge in [0.2, 0.25) is 0 Å². The first-order chi connectivity index (χ1) is 4.86. The maximum Gasteiger partial charge on any atom is 0.118 e. The summed E-state index contributed by atoms with van der Waals surface area (Å²) in [5.41, 5.74) is 1.26. The maximum atomic E-state index is 5.00. The Morgan fingerprint density at radius 1 is 1.30 bits per heavy atom. The van der Waals surface area contributed by atoms with Gasteiger partial charge in [-0.3, -0.25) is 0 Å². The van der Waals surface area contributed by atoms with E-state index in [4.69, 9.17) is 4.74 Å². The summed E-state index contributed by atoms with van der Waals surface area (Å²) in [5, 5.41) is 0.900. The van der Waals surface area contributed by atoms with Gasteiger partial charge in [0.25, 0.3) is 0 Å². The van der Waals surface area contributed by atoms with Crippen LogP contribution in [0.3, 0.4) is 0 Å². The van der Waals surface area contributed by atoms with E-state index in [1.165, 1.54) is 5.56 Å². The fourth-order valence-electron chi connectivity index (χ4n) is 0.715. The molecule has 1 nitrogen and oxygen atoms in total. The van der Waals surface area contributed by atoms with Gasteiger partial charge in [-0.25, -0.2) is 0 Å². The van der Waals surface area contributed by atoms with Crippen LogP contribution in [0.25, 0.3) is 0 Å². The van der Waals surface area contributed by atoms with Gasteiger partial charge >= 0.3 is 0 Å². The van der Waals surface area contributed by atoms with Crippen LogP contribution in [0.15, 0.2) is 24.3 Å². The Balaban J connectivity index is 2.80. The number of halogens is 1. The molecule has 1 aromatic rings. The highest BCUT2D eigenvalue weighted by molar-refractivity contribution is 9.08. The van der Waals surface area contributed by atoms with E-state index >= 15 is 0 Å². The van der Waals surface area contributed by atoms with E-state index in [0.29, 0.717) is 0 Å². The standard InChI is InChI=1S/C8H9BrO/c1-10-8-4-2-7(6-9)3-5-8/h2-5H,6H2,1H3/i2+1,3+1,4+1,5+1,7+1,8+1. The second-order valence-corrected chi connectivity index (χ2v) is 2.54. The van der Waals surface area contributed by atoms with E-state index in [2.05, 4.69) is 15.9 Å².